The van der Waals surface area contributed by atoms with Crippen LogP contribution < -0.4 is 14.4 Å². The van der Waals surface area contributed by atoms with Crippen molar-refractivity contribution >= 4 is 23.1 Å². The molecule has 0 aliphatic carbocycles. The van der Waals surface area contributed by atoms with Gasteiger partial charge < -0.3 is 19.0 Å². The zero-order valence-corrected chi connectivity index (χ0v) is 19.1. The first-order chi connectivity index (χ1) is 15.8. The molecule has 1 aromatic heterocycles. The number of furan rings is 1. The molecule has 2 heterocycles. The molecule has 0 saturated carbocycles. The van der Waals surface area contributed by atoms with Gasteiger partial charge in [-0.2, -0.15) is 0 Å². The van der Waals surface area contributed by atoms with E-state index < -0.39 is 17.7 Å². The average molecular weight is 447 g/mol. The number of hydrogen-bond donors (Lipinski definition) is 1. The van der Waals surface area contributed by atoms with Crippen molar-refractivity contribution in [3.63, 3.8) is 0 Å². The van der Waals surface area contributed by atoms with E-state index in [2.05, 4.69) is 0 Å². The fourth-order valence-corrected chi connectivity index (χ4v) is 4.12. The number of aliphatic hydroxyl groups is 1. The second-order valence-electron chi connectivity index (χ2n) is 7.95. The number of aryl methyl sites for hydroxylation is 3. The minimum absolute atomic E-state index is 0.0298. The number of Topliss-reactive ketones (excluding diaryl/α,β-unsaturated/α-hetero) is 1. The van der Waals surface area contributed by atoms with Crippen LogP contribution in [0.15, 0.2) is 58.5 Å². The number of benzene rings is 2. The summed E-state index contributed by atoms with van der Waals surface area (Å²) in [5.41, 5.74) is 2.41. The quantitative estimate of drug-likeness (QED) is 0.342. The van der Waals surface area contributed by atoms with Gasteiger partial charge in [-0.15, -0.1) is 0 Å². The summed E-state index contributed by atoms with van der Waals surface area (Å²) in [4.78, 5) is 27.8. The van der Waals surface area contributed by atoms with Crippen LogP contribution in [0.1, 0.15) is 34.3 Å². The Hall–Kier alpha value is -4.00. The van der Waals surface area contributed by atoms with Crippen LogP contribution in [0.5, 0.6) is 11.5 Å². The molecule has 1 saturated heterocycles. The average Bonchev–Trinajstić information content (AvgIpc) is 3.35. The molecule has 4 rings (SSSR count). The van der Waals surface area contributed by atoms with Crippen LogP contribution in [0, 0.1) is 20.8 Å². The van der Waals surface area contributed by atoms with Crippen molar-refractivity contribution in [3.05, 3.63) is 82.3 Å². The minimum atomic E-state index is -0.922. The topological polar surface area (TPSA) is 89.2 Å². The van der Waals surface area contributed by atoms with E-state index in [-0.39, 0.29) is 11.3 Å². The molecule has 2 aromatic carbocycles. The second kappa shape index (κ2) is 8.50. The molecule has 0 spiro atoms. The van der Waals surface area contributed by atoms with Crippen LogP contribution in [0.4, 0.5) is 5.69 Å². The maximum absolute atomic E-state index is 13.2. The van der Waals surface area contributed by atoms with Crippen molar-refractivity contribution in [2.75, 3.05) is 19.1 Å². The summed E-state index contributed by atoms with van der Waals surface area (Å²) in [6.07, 6.45) is 0. The summed E-state index contributed by atoms with van der Waals surface area (Å²) in [7, 11) is 3.12. The number of carbonyl (C=O) groups excluding carboxylic acids is 2. The maximum atomic E-state index is 13.2. The number of carbonyl (C=O) groups is 2. The van der Waals surface area contributed by atoms with Crippen molar-refractivity contribution in [1.82, 2.24) is 0 Å². The number of amides is 1. The fraction of sp³-hybridized carbons (Fsp3) is 0.231. The van der Waals surface area contributed by atoms with E-state index in [1.165, 1.54) is 4.90 Å². The van der Waals surface area contributed by atoms with E-state index in [0.717, 1.165) is 5.56 Å². The van der Waals surface area contributed by atoms with Gasteiger partial charge in [0.15, 0.2) is 0 Å². The van der Waals surface area contributed by atoms with Gasteiger partial charge in [-0.3, -0.25) is 14.5 Å². The molecule has 1 unspecified atom stereocenters. The van der Waals surface area contributed by atoms with E-state index in [0.29, 0.717) is 39.8 Å². The zero-order chi connectivity index (χ0) is 23.9. The first-order valence-electron chi connectivity index (χ1n) is 10.4. The second-order valence-corrected chi connectivity index (χ2v) is 7.95. The van der Waals surface area contributed by atoms with Gasteiger partial charge in [0.25, 0.3) is 11.7 Å². The van der Waals surface area contributed by atoms with Gasteiger partial charge in [0.2, 0.25) is 0 Å². The summed E-state index contributed by atoms with van der Waals surface area (Å²) < 4.78 is 16.4. The monoisotopic (exact) mass is 447 g/mol. The van der Waals surface area contributed by atoms with Crippen LogP contribution in [0.3, 0.4) is 0 Å². The van der Waals surface area contributed by atoms with Gasteiger partial charge in [0.1, 0.15) is 34.8 Å². The Morgan fingerprint density at radius 1 is 0.939 bits per heavy atom. The summed E-state index contributed by atoms with van der Waals surface area (Å²) in [6, 6.07) is 12.9. The lowest BCUT2D eigenvalue weighted by Crippen LogP contribution is -2.29. The molecule has 3 aromatic rings. The van der Waals surface area contributed by atoms with Crippen molar-refractivity contribution in [3.8, 4) is 11.5 Å². The third-order valence-electron chi connectivity index (χ3n) is 5.82. The lowest BCUT2D eigenvalue weighted by molar-refractivity contribution is -0.132. The third kappa shape index (κ3) is 3.75. The summed E-state index contributed by atoms with van der Waals surface area (Å²) in [5.74, 6) is 0.505. The van der Waals surface area contributed by atoms with Crippen LogP contribution in [-0.4, -0.2) is 31.0 Å². The number of aliphatic hydroxyl groups excluding tert-OH is 1. The zero-order valence-electron chi connectivity index (χ0n) is 19.1. The Kier molecular flexibility index (Phi) is 5.72. The van der Waals surface area contributed by atoms with Crippen LogP contribution in [0.25, 0.3) is 5.76 Å². The van der Waals surface area contributed by atoms with E-state index >= 15 is 0 Å². The Balaban J connectivity index is 1.93. The molecule has 7 heteroatoms. The first kappa shape index (κ1) is 22.2. The molecule has 170 valence electrons. The number of ether oxygens (including phenoxy) is 2. The number of nitrogens with zero attached hydrogens (tertiary/aromatic N) is 1. The van der Waals surface area contributed by atoms with Gasteiger partial charge in [-0.05, 0) is 80.4 Å². The summed E-state index contributed by atoms with van der Waals surface area (Å²) >= 11 is 0. The summed E-state index contributed by atoms with van der Waals surface area (Å²) in [5, 5.41) is 11.3. The highest BCUT2D eigenvalue weighted by Gasteiger charge is 2.48. The van der Waals surface area contributed by atoms with Crippen molar-refractivity contribution in [1.29, 1.82) is 0 Å². The molecule has 0 radical (unpaired) electrons. The highest BCUT2D eigenvalue weighted by atomic mass is 16.5. The standard InChI is InChI=1S/C26H25NO6/c1-14-13-21(32-5)15(2)12-19(14)24(28)22-23(20-11-6-16(3)33-20)27(26(30)25(22)29)17-7-9-18(31-4)10-8-17/h6-13,23,28H,1-5H3/b24-22+. The molecule has 33 heavy (non-hydrogen) atoms. The molecule has 1 aliphatic rings. The molecule has 1 amide bonds. The molecule has 1 N–H and O–H groups in total. The molecule has 7 nitrogen and oxygen atoms in total. The normalized spacial score (nSPS) is 17.5. The number of ketones is 1. The highest BCUT2D eigenvalue weighted by molar-refractivity contribution is 6.51. The van der Waals surface area contributed by atoms with Crippen molar-refractivity contribution in [2.24, 2.45) is 0 Å². The SMILES string of the molecule is COc1ccc(N2C(=O)C(=O)/C(=C(/O)c3cc(C)c(OC)cc3C)C2c2ccc(C)o2)cc1. The van der Waals surface area contributed by atoms with Gasteiger partial charge >= 0.3 is 0 Å². The maximum Gasteiger partial charge on any atom is 0.300 e. The van der Waals surface area contributed by atoms with Crippen LogP contribution in [-0.2, 0) is 9.59 Å². The molecular weight excluding hydrogens is 422 g/mol. The van der Waals surface area contributed by atoms with Gasteiger partial charge in [-0.25, -0.2) is 0 Å². The predicted octanol–water partition coefficient (Wildman–Crippen LogP) is 4.85. The molecule has 1 fully saturated rings. The Labute approximate surface area is 191 Å². The predicted molar refractivity (Wildman–Crippen MR) is 124 cm³/mol. The van der Waals surface area contributed by atoms with Gasteiger partial charge in [-0.1, -0.05) is 0 Å². The van der Waals surface area contributed by atoms with Crippen molar-refractivity contribution < 1.29 is 28.6 Å². The Morgan fingerprint density at radius 3 is 2.21 bits per heavy atom. The third-order valence-corrected chi connectivity index (χ3v) is 5.82. The Morgan fingerprint density at radius 2 is 1.64 bits per heavy atom. The molecule has 1 aliphatic heterocycles. The number of hydrogen-bond acceptors (Lipinski definition) is 6. The lowest BCUT2D eigenvalue weighted by Gasteiger charge is -2.23. The smallest absolute Gasteiger partial charge is 0.300 e. The molecule has 1 atom stereocenters. The lowest BCUT2D eigenvalue weighted by atomic mass is 9.95. The van der Waals surface area contributed by atoms with E-state index in [1.807, 2.05) is 13.8 Å². The molecular formula is C26H25NO6. The number of anilines is 1. The van der Waals surface area contributed by atoms with E-state index in [1.54, 1.807) is 69.7 Å². The van der Waals surface area contributed by atoms with E-state index in [4.69, 9.17) is 13.9 Å². The van der Waals surface area contributed by atoms with Crippen LogP contribution in [0.2, 0.25) is 0 Å². The first-order valence-corrected chi connectivity index (χ1v) is 10.4. The largest absolute Gasteiger partial charge is 0.507 e. The van der Waals surface area contributed by atoms with E-state index in [9.17, 15) is 14.7 Å². The number of rotatable bonds is 5. The van der Waals surface area contributed by atoms with Crippen LogP contribution >= 0.6 is 0 Å². The fourth-order valence-electron chi connectivity index (χ4n) is 4.12. The van der Waals surface area contributed by atoms with Gasteiger partial charge in [0, 0.05) is 11.3 Å². The molecule has 0 bridgehead atoms. The number of methoxy groups -OCH3 is 2. The minimum Gasteiger partial charge on any atom is -0.507 e. The summed E-state index contributed by atoms with van der Waals surface area (Å²) in [6.45, 7) is 5.43. The Bertz CT molecular complexity index is 1270. The van der Waals surface area contributed by atoms with Crippen molar-refractivity contribution in [2.45, 2.75) is 26.8 Å². The van der Waals surface area contributed by atoms with Gasteiger partial charge in [0.05, 0.1) is 19.8 Å². The highest BCUT2D eigenvalue weighted by Crippen LogP contribution is 2.43.